The smallest absolute Gasteiger partial charge is 0.289 e. The van der Waals surface area contributed by atoms with Crippen molar-refractivity contribution in [2.24, 2.45) is 16.5 Å². The number of aryl methyl sites for hydroxylation is 1. The third-order valence-corrected chi connectivity index (χ3v) is 11.9. The Morgan fingerprint density at radius 2 is 1.76 bits per heavy atom. The van der Waals surface area contributed by atoms with Crippen molar-refractivity contribution in [1.29, 1.82) is 0 Å². The van der Waals surface area contributed by atoms with E-state index in [0.717, 1.165) is 62.5 Å². The summed E-state index contributed by atoms with van der Waals surface area (Å²) >= 11 is 6.75. The summed E-state index contributed by atoms with van der Waals surface area (Å²) in [6, 6.07) is 0.795. The minimum absolute atomic E-state index is 0.0111. The summed E-state index contributed by atoms with van der Waals surface area (Å²) in [5.74, 6) is -1.61. The van der Waals surface area contributed by atoms with Crippen LogP contribution >= 0.6 is 11.6 Å². The summed E-state index contributed by atoms with van der Waals surface area (Å²) in [4.78, 5) is 76.3. The highest BCUT2D eigenvalue weighted by Crippen LogP contribution is 2.43. The summed E-state index contributed by atoms with van der Waals surface area (Å²) in [6.07, 6.45) is 10.2. The number of benzene rings is 1. The predicted molar refractivity (Wildman–Crippen MR) is 205 cm³/mol. The van der Waals surface area contributed by atoms with Gasteiger partial charge in [0.05, 0.1) is 23.3 Å². The molecule has 54 heavy (non-hydrogen) atoms. The first kappa shape index (κ1) is 40.0. The number of nitrogens with one attached hydrogen (secondary N) is 3. The molecule has 1 aromatic carbocycles. The van der Waals surface area contributed by atoms with Crippen LogP contribution in [-0.2, 0) is 35.2 Å². The fraction of sp³-hybridized carbons (Fsp3) is 0.707. The number of nitrogens with zero attached hydrogens (tertiary/aromatic N) is 2. The molecule has 6 rings (SSSR count). The number of amides is 4. The van der Waals surface area contributed by atoms with Crippen LogP contribution in [0.3, 0.4) is 0 Å². The lowest BCUT2D eigenvalue weighted by Crippen LogP contribution is -2.59. The largest absolute Gasteiger partial charge is 0.486 e. The van der Waals surface area contributed by atoms with E-state index < -0.39 is 52.6 Å². The molecule has 0 aromatic heterocycles. The number of fused-ring (bicyclic) bond motifs is 1. The second kappa shape index (κ2) is 15.8. The first-order valence-corrected chi connectivity index (χ1v) is 20.4. The number of hydrogen-bond acceptors (Lipinski definition) is 8. The van der Waals surface area contributed by atoms with Crippen LogP contribution in [0.25, 0.3) is 0 Å². The Morgan fingerprint density at radius 3 is 2.43 bits per heavy atom. The predicted octanol–water partition coefficient (Wildman–Crippen LogP) is 5.54. The zero-order valence-corrected chi connectivity index (χ0v) is 33.5. The number of ketones is 1. The van der Waals surface area contributed by atoms with E-state index in [1.54, 1.807) is 0 Å². The van der Waals surface area contributed by atoms with Crippen molar-refractivity contribution < 1.29 is 33.5 Å². The van der Waals surface area contributed by atoms with Crippen LogP contribution in [0, 0.1) is 11.3 Å². The summed E-state index contributed by atoms with van der Waals surface area (Å²) in [7, 11) is 0. The molecule has 2 aliphatic carbocycles. The molecule has 5 aliphatic rings. The first-order chi connectivity index (χ1) is 25.5. The molecule has 3 heterocycles. The number of carbonyl (C=O) groups excluding carboxylic acids is 5. The Bertz CT molecular complexity index is 1680. The van der Waals surface area contributed by atoms with E-state index in [4.69, 9.17) is 21.2 Å². The highest BCUT2D eigenvalue weighted by Gasteiger charge is 2.56. The van der Waals surface area contributed by atoms with Crippen LogP contribution in [-0.4, -0.2) is 81.9 Å². The topological polar surface area (TPSA) is 156 Å². The molecule has 1 unspecified atom stereocenters. The normalized spacial score (nSPS) is 24.8. The van der Waals surface area contributed by atoms with Gasteiger partial charge >= 0.3 is 0 Å². The minimum Gasteiger partial charge on any atom is -0.486 e. The van der Waals surface area contributed by atoms with Gasteiger partial charge in [-0.2, -0.15) is 0 Å². The van der Waals surface area contributed by atoms with Crippen molar-refractivity contribution in [3.05, 3.63) is 28.3 Å². The van der Waals surface area contributed by atoms with Crippen LogP contribution in [0.4, 0.5) is 0 Å². The van der Waals surface area contributed by atoms with Crippen molar-refractivity contribution in [1.82, 2.24) is 20.9 Å². The van der Waals surface area contributed by atoms with E-state index in [9.17, 15) is 24.0 Å². The first-order valence-electron chi connectivity index (χ1n) is 20.0. The molecule has 4 atom stereocenters. The van der Waals surface area contributed by atoms with Crippen LogP contribution in [0.1, 0.15) is 136 Å². The SMILES string of the molecule is CCC[C@H](NC(=O)[C@@H]1CC2(CC(c3cc(Cl)c4c(c3)CCC(C)(C)O4)=NO2)CN1C(=O)[C@@H](NC(=O)CC1CCCCC1)C(C)(C)C)C(=O)C(=O)NC1CC1. The Labute approximate surface area is 324 Å². The molecule has 0 bridgehead atoms. The molecule has 0 radical (unpaired) electrons. The highest BCUT2D eigenvalue weighted by atomic mass is 35.5. The van der Waals surface area contributed by atoms with E-state index in [1.807, 2.05) is 53.7 Å². The van der Waals surface area contributed by atoms with Crippen molar-refractivity contribution in [2.75, 3.05) is 6.54 Å². The summed E-state index contributed by atoms with van der Waals surface area (Å²) < 4.78 is 6.19. The molecule has 13 heteroatoms. The Kier molecular flexibility index (Phi) is 11.7. The maximum absolute atomic E-state index is 14.7. The van der Waals surface area contributed by atoms with Crippen LogP contribution in [0.5, 0.6) is 5.75 Å². The molecule has 3 fully saturated rings. The van der Waals surface area contributed by atoms with Gasteiger partial charge in [-0.3, -0.25) is 24.0 Å². The van der Waals surface area contributed by atoms with Crippen LogP contribution in [0.15, 0.2) is 17.3 Å². The summed E-state index contributed by atoms with van der Waals surface area (Å²) in [5.41, 5.74) is 0.343. The average molecular weight is 768 g/mol. The van der Waals surface area contributed by atoms with Gasteiger partial charge in [-0.15, -0.1) is 0 Å². The Hall–Kier alpha value is -3.67. The van der Waals surface area contributed by atoms with Gasteiger partial charge in [-0.1, -0.05) is 70.1 Å². The molecule has 1 saturated heterocycles. The lowest BCUT2D eigenvalue weighted by atomic mass is 9.84. The van der Waals surface area contributed by atoms with Crippen molar-refractivity contribution >= 4 is 46.7 Å². The highest BCUT2D eigenvalue weighted by molar-refractivity contribution is 6.38. The monoisotopic (exact) mass is 767 g/mol. The van der Waals surface area contributed by atoms with E-state index in [2.05, 4.69) is 21.1 Å². The quantitative estimate of drug-likeness (QED) is 0.236. The molecule has 12 nitrogen and oxygen atoms in total. The van der Waals surface area contributed by atoms with Crippen molar-refractivity contribution in [3.8, 4) is 5.75 Å². The molecular weight excluding hydrogens is 710 g/mol. The number of likely N-dealkylation sites (tertiary alicyclic amines) is 1. The standard InChI is InChI=1S/C41H58ClN5O7/c1-7-11-29(33(49)37(51)43-27-14-15-27)44-36(50)31-22-41(21-30(46-54-41)26-19-25-16-17-40(5,6)53-34(25)28(42)20-26)23-47(31)38(52)35(39(2,3)4)45-32(48)18-24-12-9-8-10-13-24/h19-20,24,27,29,31,35H,7-18,21-23H2,1-6H3,(H,43,51)(H,44,50)(H,45,48)/t29-,31-,35+,41?/m0/s1. The van der Waals surface area contributed by atoms with Gasteiger partial charge < -0.3 is 30.4 Å². The van der Waals surface area contributed by atoms with E-state index in [1.165, 1.54) is 11.3 Å². The lowest BCUT2D eigenvalue weighted by Gasteiger charge is -2.36. The van der Waals surface area contributed by atoms with Gasteiger partial charge in [0.1, 0.15) is 23.4 Å². The number of Topliss-reactive ketones (excluding diaryl/α,β-unsaturated/α-hetero) is 1. The molecule has 2 saturated carbocycles. The third-order valence-electron chi connectivity index (χ3n) is 11.6. The number of oxime groups is 1. The van der Waals surface area contributed by atoms with Crippen molar-refractivity contribution in [2.45, 2.75) is 167 Å². The fourth-order valence-corrected chi connectivity index (χ4v) is 8.60. The second-order valence-corrected chi connectivity index (χ2v) is 18.4. The fourth-order valence-electron chi connectivity index (χ4n) is 8.32. The van der Waals surface area contributed by atoms with Gasteiger partial charge in [0.25, 0.3) is 5.91 Å². The molecule has 3 N–H and O–H groups in total. The van der Waals surface area contributed by atoms with Crippen molar-refractivity contribution in [3.63, 3.8) is 0 Å². The summed E-state index contributed by atoms with van der Waals surface area (Å²) in [6.45, 7) is 11.7. The molecule has 1 spiro atoms. The average Bonchev–Trinajstić information content (AvgIpc) is 3.70. The van der Waals surface area contributed by atoms with Gasteiger partial charge in [-0.25, -0.2) is 0 Å². The number of rotatable bonds is 12. The minimum atomic E-state index is -1.05. The molecular formula is C41H58ClN5O7. The molecule has 1 aromatic rings. The van der Waals surface area contributed by atoms with Crippen LogP contribution < -0.4 is 20.7 Å². The van der Waals surface area contributed by atoms with Gasteiger partial charge in [-0.05, 0) is 87.8 Å². The van der Waals surface area contributed by atoms with E-state index in [0.29, 0.717) is 35.7 Å². The molecule has 4 amide bonds. The molecule has 3 aliphatic heterocycles. The summed E-state index contributed by atoms with van der Waals surface area (Å²) in [5, 5.41) is 13.6. The Balaban J connectivity index is 1.25. The maximum atomic E-state index is 14.7. The number of hydrogen-bond donors (Lipinski definition) is 3. The van der Waals surface area contributed by atoms with Crippen LogP contribution in [0.2, 0.25) is 5.02 Å². The van der Waals surface area contributed by atoms with E-state index >= 15 is 0 Å². The van der Waals surface area contributed by atoms with Gasteiger partial charge in [0.2, 0.25) is 23.5 Å². The number of carbonyl (C=O) groups is 5. The molecule has 296 valence electrons. The zero-order valence-electron chi connectivity index (χ0n) is 32.8. The number of halogens is 1. The lowest BCUT2D eigenvalue weighted by molar-refractivity contribution is -0.145. The second-order valence-electron chi connectivity index (χ2n) is 18.0. The Morgan fingerprint density at radius 1 is 1.04 bits per heavy atom. The van der Waals surface area contributed by atoms with Gasteiger partial charge in [0, 0.05) is 30.9 Å². The zero-order chi connectivity index (χ0) is 39.0. The number of ether oxygens (including phenoxy) is 1. The van der Waals surface area contributed by atoms with E-state index in [-0.39, 0.29) is 42.9 Å². The maximum Gasteiger partial charge on any atom is 0.289 e. The van der Waals surface area contributed by atoms with Gasteiger partial charge in [0.15, 0.2) is 5.60 Å². The third kappa shape index (κ3) is 9.23.